The molecular weight excluding hydrogens is 244 g/mol. The maximum Gasteiger partial charge on any atom is 0.0455 e. The van der Waals surface area contributed by atoms with Crippen LogP contribution in [0, 0.1) is 6.92 Å². The standard InChI is InChI=1S/C15H21ClN2/c1-11-5-6-12(10-13(11)16)17-14-7-9-18-8-3-2-4-15(14)18/h5-6,10,14-15,17H,2-4,7-9H2,1H3. The molecule has 1 aromatic carbocycles. The van der Waals surface area contributed by atoms with Gasteiger partial charge in [-0.05, 0) is 50.4 Å². The Morgan fingerprint density at radius 1 is 1.22 bits per heavy atom. The lowest BCUT2D eigenvalue weighted by molar-refractivity contribution is 0.193. The molecule has 0 bridgehead atoms. The first-order valence-corrected chi connectivity index (χ1v) is 7.38. The van der Waals surface area contributed by atoms with Gasteiger partial charge in [0.05, 0.1) is 0 Å². The van der Waals surface area contributed by atoms with Gasteiger partial charge in [-0.1, -0.05) is 24.1 Å². The van der Waals surface area contributed by atoms with Crippen LogP contribution in [0.3, 0.4) is 0 Å². The van der Waals surface area contributed by atoms with E-state index in [2.05, 4.69) is 28.4 Å². The Hall–Kier alpha value is -0.730. The predicted molar refractivity (Wildman–Crippen MR) is 77.4 cm³/mol. The van der Waals surface area contributed by atoms with Crippen LogP contribution in [0.1, 0.15) is 31.2 Å². The molecule has 2 fully saturated rings. The van der Waals surface area contributed by atoms with Gasteiger partial charge in [-0.15, -0.1) is 0 Å². The number of halogens is 1. The summed E-state index contributed by atoms with van der Waals surface area (Å²) in [4.78, 5) is 2.65. The van der Waals surface area contributed by atoms with E-state index in [0.717, 1.165) is 16.6 Å². The maximum absolute atomic E-state index is 6.19. The molecule has 2 aliphatic rings. The fourth-order valence-corrected chi connectivity index (χ4v) is 3.49. The van der Waals surface area contributed by atoms with Gasteiger partial charge in [-0.25, -0.2) is 0 Å². The molecule has 1 N–H and O–H groups in total. The summed E-state index contributed by atoms with van der Waals surface area (Å²) in [5.41, 5.74) is 2.32. The molecule has 3 rings (SSSR count). The van der Waals surface area contributed by atoms with Gasteiger partial charge in [0.2, 0.25) is 0 Å². The highest BCUT2D eigenvalue weighted by Gasteiger charge is 2.35. The minimum Gasteiger partial charge on any atom is -0.381 e. The lowest BCUT2D eigenvalue weighted by Crippen LogP contribution is -2.41. The number of anilines is 1. The molecule has 0 amide bonds. The molecule has 2 heterocycles. The normalized spacial score (nSPS) is 28.1. The van der Waals surface area contributed by atoms with Crippen molar-refractivity contribution in [1.82, 2.24) is 4.90 Å². The molecule has 2 aliphatic heterocycles. The van der Waals surface area contributed by atoms with Crippen molar-refractivity contribution in [3.63, 3.8) is 0 Å². The summed E-state index contributed by atoms with van der Waals surface area (Å²) in [5, 5.41) is 4.54. The van der Waals surface area contributed by atoms with Gasteiger partial charge in [0.15, 0.2) is 0 Å². The zero-order chi connectivity index (χ0) is 12.5. The Bertz CT molecular complexity index is 433. The van der Waals surface area contributed by atoms with Crippen LogP contribution < -0.4 is 5.32 Å². The van der Waals surface area contributed by atoms with E-state index in [1.165, 1.54) is 44.5 Å². The summed E-state index contributed by atoms with van der Waals surface area (Å²) < 4.78 is 0. The molecule has 0 spiro atoms. The summed E-state index contributed by atoms with van der Waals surface area (Å²) in [5.74, 6) is 0. The van der Waals surface area contributed by atoms with Crippen molar-refractivity contribution < 1.29 is 0 Å². The summed E-state index contributed by atoms with van der Waals surface area (Å²) in [7, 11) is 0. The van der Waals surface area contributed by atoms with Crippen molar-refractivity contribution in [3.05, 3.63) is 28.8 Å². The van der Waals surface area contributed by atoms with Crippen LogP contribution in [0.2, 0.25) is 5.02 Å². The Morgan fingerprint density at radius 2 is 2.11 bits per heavy atom. The summed E-state index contributed by atoms with van der Waals surface area (Å²) in [6.07, 6.45) is 5.36. The van der Waals surface area contributed by atoms with Crippen LogP contribution >= 0.6 is 11.6 Å². The van der Waals surface area contributed by atoms with Gasteiger partial charge in [-0.2, -0.15) is 0 Å². The SMILES string of the molecule is Cc1ccc(NC2CCN3CCCCC23)cc1Cl. The highest BCUT2D eigenvalue weighted by Crippen LogP contribution is 2.30. The van der Waals surface area contributed by atoms with Crippen molar-refractivity contribution in [1.29, 1.82) is 0 Å². The molecule has 2 nitrogen and oxygen atoms in total. The average molecular weight is 265 g/mol. The van der Waals surface area contributed by atoms with Crippen molar-refractivity contribution in [2.24, 2.45) is 0 Å². The molecule has 1 aromatic rings. The van der Waals surface area contributed by atoms with Gasteiger partial charge in [0, 0.05) is 29.3 Å². The van der Waals surface area contributed by atoms with Crippen molar-refractivity contribution >= 4 is 17.3 Å². The van der Waals surface area contributed by atoms with E-state index in [-0.39, 0.29) is 0 Å². The molecule has 18 heavy (non-hydrogen) atoms. The molecule has 2 atom stereocenters. The second-order valence-corrected chi connectivity index (χ2v) is 6.01. The van der Waals surface area contributed by atoms with Crippen LogP contribution in [0.4, 0.5) is 5.69 Å². The molecule has 3 heteroatoms. The van der Waals surface area contributed by atoms with E-state index >= 15 is 0 Å². The molecule has 0 radical (unpaired) electrons. The molecular formula is C15H21ClN2. The zero-order valence-corrected chi connectivity index (χ0v) is 11.7. The van der Waals surface area contributed by atoms with Gasteiger partial charge in [0.1, 0.15) is 0 Å². The number of nitrogens with zero attached hydrogens (tertiary/aromatic N) is 1. The van der Waals surface area contributed by atoms with E-state index in [9.17, 15) is 0 Å². The Balaban J connectivity index is 1.70. The minimum absolute atomic E-state index is 0.601. The first-order chi connectivity index (χ1) is 8.74. The topological polar surface area (TPSA) is 15.3 Å². The van der Waals surface area contributed by atoms with Crippen molar-refractivity contribution in [2.45, 2.75) is 44.7 Å². The maximum atomic E-state index is 6.19. The third kappa shape index (κ3) is 2.36. The number of fused-ring (bicyclic) bond motifs is 1. The highest BCUT2D eigenvalue weighted by molar-refractivity contribution is 6.31. The van der Waals surface area contributed by atoms with E-state index in [1.54, 1.807) is 0 Å². The number of benzene rings is 1. The summed E-state index contributed by atoms with van der Waals surface area (Å²) in [6, 6.07) is 7.63. The molecule has 2 saturated heterocycles. The van der Waals surface area contributed by atoms with Crippen LogP contribution in [-0.2, 0) is 0 Å². The summed E-state index contributed by atoms with van der Waals surface area (Å²) >= 11 is 6.19. The predicted octanol–water partition coefficient (Wildman–Crippen LogP) is 3.69. The van der Waals surface area contributed by atoms with E-state index in [4.69, 9.17) is 11.6 Å². The van der Waals surface area contributed by atoms with Crippen molar-refractivity contribution in [3.8, 4) is 0 Å². The molecule has 0 aromatic heterocycles. The average Bonchev–Trinajstić information content (AvgIpc) is 2.78. The highest BCUT2D eigenvalue weighted by atomic mass is 35.5. The molecule has 2 unspecified atom stereocenters. The molecule has 98 valence electrons. The van der Waals surface area contributed by atoms with Gasteiger partial charge < -0.3 is 5.32 Å². The third-order valence-electron chi connectivity index (χ3n) is 4.38. The largest absolute Gasteiger partial charge is 0.381 e. The monoisotopic (exact) mass is 264 g/mol. The minimum atomic E-state index is 0.601. The first kappa shape index (κ1) is 12.3. The smallest absolute Gasteiger partial charge is 0.0455 e. The Labute approximate surface area is 114 Å². The number of rotatable bonds is 2. The Kier molecular flexibility index (Phi) is 3.49. The van der Waals surface area contributed by atoms with E-state index in [0.29, 0.717) is 6.04 Å². The fourth-order valence-electron chi connectivity index (χ4n) is 3.31. The quantitative estimate of drug-likeness (QED) is 0.877. The zero-order valence-electron chi connectivity index (χ0n) is 11.0. The Morgan fingerprint density at radius 3 is 2.94 bits per heavy atom. The second kappa shape index (κ2) is 5.10. The number of nitrogens with one attached hydrogen (secondary N) is 1. The van der Waals surface area contributed by atoms with Crippen LogP contribution in [-0.4, -0.2) is 30.1 Å². The van der Waals surface area contributed by atoms with Crippen molar-refractivity contribution in [2.75, 3.05) is 18.4 Å². The first-order valence-electron chi connectivity index (χ1n) is 7.01. The molecule has 0 saturated carbocycles. The van der Waals surface area contributed by atoms with Crippen LogP contribution in [0.5, 0.6) is 0 Å². The van der Waals surface area contributed by atoms with Crippen LogP contribution in [0.25, 0.3) is 0 Å². The van der Waals surface area contributed by atoms with Crippen LogP contribution in [0.15, 0.2) is 18.2 Å². The van der Waals surface area contributed by atoms with E-state index < -0.39 is 0 Å². The van der Waals surface area contributed by atoms with E-state index in [1.807, 2.05) is 6.92 Å². The fraction of sp³-hybridized carbons (Fsp3) is 0.600. The second-order valence-electron chi connectivity index (χ2n) is 5.60. The van der Waals surface area contributed by atoms with Gasteiger partial charge >= 0.3 is 0 Å². The van der Waals surface area contributed by atoms with Gasteiger partial charge in [-0.3, -0.25) is 4.90 Å². The molecule has 0 aliphatic carbocycles. The lowest BCUT2D eigenvalue weighted by atomic mass is 9.99. The number of hydrogen-bond acceptors (Lipinski definition) is 2. The third-order valence-corrected chi connectivity index (χ3v) is 4.79. The number of hydrogen-bond donors (Lipinski definition) is 1. The summed E-state index contributed by atoms with van der Waals surface area (Å²) in [6.45, 7) is 4.59. The lowest BCUT2D eigenvalue weighted by Gasteiger charge is -2.33. The number of aryl methyl sites for hydroxylation is 1. The number of piperidine rings is 1. The van der Waals surface area contributed by atoms with Gasteiger partial charge in [0.25, 0.3) is 0 Å².